The first kappa shape index (κ1) is 101. The van der Waals surface area contributed by atoms with Crippen LogP contribution in [0, 0.1) is 0 Å². The summed E-state index contributed by atoms with van der Waals surface area (Å²) >= 11 is 0. The highest BCUT2D eigenvalue weighted by Gasteiger charge is 2.30. The molecule has 0 radical (unpaired) electrons. The largest absolute Gasteiger partial charge is 0.472 e. The SMILES string of the molecule is CC/C=C\C/C=C\C/C=C\C/C=C\C/C=C\CCCC(=O)OC(COC(=O)CCCCCCCC/C=C\C/C=C\C/C=C\CCCCC)COP(=O)(O)OCC(O)COP(=O)(O)OCC(COC(=O)CCCCCCC/C=C\C/C=C\C/C=C\CC)OC(=O)CCCCCCCCCCCCCCCCC. The third-order valence-electron chi connectivity index (χ3n) is 17.1. The number of carbonyl (C=O) groups is 4. The highest BCUT2D eigenvalue weighted by atomic mass is 31.2. The van der Waals surface area contributed by atoms with Gasteiger partial charge in [0.15, 0.2) is 12.2 Å². The van der Waals surface area contributed by atoms with Crippen LogP contribution < -0.4 is 0 Å². The number of hydrogen-bond acceptors (Lipinski definition) is 15. The van der Waals surface area contributed by atoms with E-state index < -0.39 is 97.5 Å². The zero-order valence-corrected chi connectivity index (χ0v) is 68.4. The van der Waals surface area contributed by atoms with Gasteiger partial charge in [-0.25, -0.2) is 9.13 Å². The van der Waals surface area contributed by atoms with Crippen LogP contribution in [0.15, 0.2) is 134 Å². The second-order valence-electron chi connectivity index (χ2n) is 27.3. The molecule has 106 heavy (non-hydrogen) atoms. The van der Waals surface area contributed by atoms with Gasteiger partial charge >= 0.3 is 39.5 Å². The van der Waals surface area contributed by atoms with Gasteiger partial charge in [-0.05, 0) is 135 Å². The Kier molecular flexibility index (Phi) is 74.8. The Labute approximate surface area is 644 Å². The summed E-state index contributed by atoms with van der Waals surface area (Å²) in [4.78, 5) is 73.1. The van der Waals surface area contributed by atoms with Gasteiger partial charge in [-0.3, -0.25) is 37.3 Å². The second-order valence-corrected chi connectivity index (χ2v) is 30.2. The second kappa shape index (κ2) is 78.3. The lowest BCUT2D eigenvalue weighted by atomic mass is 10.0. The van der Waals surface area contributed by atoms with Crippen LogP contribution in [0.4, 0.5) is 0 Å². The summed E-state index contributed by atoms with van der Waals surface area (Å²) in [5.74, 6) is -2.27. The molecule has 0 aliphatic carbocycles. The molecule has 5 atom stereocenters. The van der Waals surface area contributed by atoms with Gasteiger partial charge in [-0.15, -0.1) is 0 Å². The Morgan fingerprint density at radius 2 is 0.500 bits per heavy atom. The number of aliphatic hydroxyl groups excluding tert-OH is 1. The van der Waals surface area contributed by atoms with E-state index in [1.165, 1.54) is 83.5 Å². The van der Waals surface area contributed by atoms with Crippen molar-refractivity contribution in [3.63, 3.8) is 0 Å². The molecule has 608 valence electrons. The van der Waals surface area contributed by atoms with Crippen LogP contribution >= 0.6 is 15.6 Å². The van der Waals surface area contributed by atoms with E-state index >= 15 is 0 Å². The molecule has 0 rings (SSSR count). The molecule has 0 spiro atoms. The predicted molar refractivity (Wildman–Crippen MR) is 436 cm³/mol. The third kappa shape index (κ3) is 77.4. The van der Waals surface area contributed by atoms with Gasteiger partial charge in [0.2, 0.25) is 0 Å². The molecule has 5 unspecified atom stereocenters. The Morgan fingerprint density at radius 1 is 0.274 bits per heavy atom. The fourth-order valence-electron chi connectivity index (χ4n) is 10.9. The predicted octanol–water partition coefficient (Wildman–Crippen LogP) is 24.4. The summed E-state index contributed by atoms with van der Waals surface area (Å²) in [5, 5.41) is 10.7. The first-order valence-electron chi connectivity index (χ1n) is 41.4. The van der Waals surface area contributed by atoms with Crippen LogP contribution in [0.5, 0.6) is 0 Å². The van der Waals surface area contributed by atoms with E-state index in [0.717, 1.165) is 167 Å². The molecule has 0 aromatic rings. The molecule has 17 nitrogen and oxygen atoms in total. The highest BCUT2D eigenvalue weighted by molar-refractivity contribution is 7.47. The van der Waals surface area contributed by atoms with E-state index in [0.29, 0.717) is 32.1 Å². The Balaban J connectivity index is 5.43. The van der Waals surface area contributed by atoms with E-state index in [-0.39, 0.29) is 25.7 Å². The minimum atomic E-state index is -5.00. The number of aliphatic hydroxyl groups is 1. The average molecular weight is 1530 g/mol. The van der Waals surface area contributed by atoms with Crippen LogP contribution in [0.2, 0.25) is 0 Å². The fourth-order valence-corrected chi connectivity index (χ4v) is 12.4. The molecule has 0 saturated heterocycles. The molecule has 0 amide bonds. The molecule has 0 aliphatic rings. The van der Waals surface area contributed by atoms with Gasteiger partial charge in [0.05, 0.1) is 26.4 Å². The molecular weight excluding hydrogens is 1380 g/mol. The lowest BCUT2D eigenvalue weighted by Gasteiger charge is -2.21. The molecular formula is C87H148O17P2. The molecule has 0 aliphatic heterocycles. The van der Waals surface area contributed by atoms with Crippen molar-refractivity contribution in [2.75, 3.05) is 39.6 Å². The maximum absolute atomic E-state index is 13.1. The normalized spacial score (nSPS) is 14.5. The lowest BCUT2D eigenvalue weighted by molar-refractivity contribution is -0.161. The smallest absolute Gasteiger partial charge is 0.462 e. The van der Waals surface area contributed by atoms with Crippen LogP contribution in [0.3, 0.4) is 0 Å². The van der Waals surface area contributed by atoms with Crippen LogP contribution in [0.25, 0.3) is 0 Å². The molecule has 0 aromatic heterocycles. The quantitative estimate of drug-likeness (QED) is 0.0169. The van der Waals surface area contributed by atoms with Crippen molar-refractivity contribution in [2.24, 2.45) is 0 Å². The van der Waals surface area contributed by atoms with Gasteiger partial charge in [-0.1, -0.05) is 309 Å². The van der Waals surface area contributed by atoms with Gasteiger partial charge in [0.25, 0.3) is 0 Å². The van der Waals surface area contributed by atoms with Gasteiger partial charge in [0.1, 0.15) is 19.3 Å². The Hall–Kier alpha value is -4.80. The zero-order chi connectivity index (χ0) is 77.4. The van der Waals surface area contributed by atoms with E-state index in [2.05, 4.69) is 149 Å². The molecule has 3 N–H and O–H groups in total. The van der Waals surface area contributed by atoms with Crippen molar-refractivity contribution < 1.29 is 80.2 Å². The highest BCUT2D eigenvalue weighted by Crippen LogP contribution is 2.45. The van der Waals surface area contributed by atoms with Crippen molar-refractivity contribution in [1.29, 1.82) is 0 Å². The molecule has 0 saturated carbocycles. The number of phosphoric acid groups is 2. The zero-order valence-electron chi connectivity index (χ0n) is 66.6. The number of carbonyl (C=O) groups excluding carboxylic acids is 4. The number of esters is 4. The number of rotatable bonds is 77. The molecule has 0 fully saturated rings. The summed E-state index contributed by atoms with van der Waals surface area (Å²) < 4.78 is 68.7. The first-order chi connectivity index (χ1) is 51.7. The maximum Gasteiger partial charge on any atom is 0.472 e. The van der Waals surface area contributed by atoms with E-state index in [1.54, 1.807) is 0 Å². The minimum Gasteiger partial charge on any atom is -0.462 e. The number of ether oxygens (including phenoxy) is 4. The molecule has 0 heterocycles. The summed E-state index contributed by atoms with van der Waals surface area (Å²) in [6.45, 7) is 4.56. The first-order valence-corrected chi connectivity index (χ1v) is 44.4. The Bertz CT molecular complexity index is 2530. The Morgan fingerprint density at radius 3 is 0.811 bits per heavy atom. The van der Waals surface area contributed by atoms with Gasteiger partial charge in [0, 0.05) is 25.7 Å². The monoisotopic (exact) mass is 1530 g/mol. The average Bonchev–Trinajstić information content (AvgIpc) is 0.907. The van der Waals surface area contributed by atoms with Crippen molar-refractivity contribution in [3.05, 3.63) is 134 Å². The van der Waals surface area contributed by atoms with E-state index in [9.17, 15) is 43.2 Å². The fraction of sp³-hybridized carbons (Fsp3) is 0.701. The van der Waals surface area contributed by atoms with E-state index in [1.807, 2.05) is 12.2 Å². The van der Waals surface area contributed by atoms with Crippen LogP contribution in [0.1, 0.15) is 336 Å². The standard InChI is InChI=1S/C87H148O17P2/c1-5-9-13-17-21-25-29-33-37-39-40-42-45-48-52-56-60-64-68-72-85(90)98-78-83(104-87(92)74-70-66-62-58-54-50-46-41-38-34-30-26-22-18-14-10-6-2)80-102-106(95,96)100-76-81(88)75-99-105(93,94)101-79-82(103-86(91)73-69-65-61-57-53-49-44-36-32-28-24-20-16-12-8-4)77-97-84(89)71-67-63-59-55-51-47-43-35-31-27-23-19-15-11-7-3/h10-11,14-15,21-23,25-27,33-35,37-38,40,42-43,46,50,58,62,81-83,88H,5-9,12-13,16-20,24,28-32,36,39,41,44-45,47-49,51-57,59-61,63-80H2,1-4H3,(H,93,94)(H,95,96)/b14-10-,15-11-,25-21-,26-22-,27-23-,37-33-,38-34-,42-40-,43-35-,50-46-,62-58-. The molecule has 0 aromatic carbocycles. The van der Waals surface area contributed by atoms with Gasteiger partial charge in [-0.2, -0.15) is 0 Å². The molecule has 0 bridgehead atoms. The molecule has 19 heteroatoms. The van der Waals surface area contributed by atoms with Crippen LogP contribution in [-0.2, 0) is 65.4 Å². The summed E-state index contributed by atoms with van der Waals surface area (Å²) in [6, 6.07) is 0. The number of hydrogen-bond donors (Lipinski definition) is 3. The number of phosphoric ester groups is 2. The van der Waals surface area contributed by atoms with E-state index in [4.69, 9.17) is 37.0 Å². The topological polar surface area (TPSA) is 237 Å². The summed E-state index contributed by atoms with van der Waals surface area (Å²) in [6.07, 6.45) is 88.5. The summed E-state index contributed by atoms with van der Waals surface area (Å²) in [7, 11) is -9.99. The van der Waals surface area contributed by atoms with Crippen molar-refractivity contribution >= 4 is 39.5 Å². The summed E-state index contributed by atoms with van der Waals surface area (Å²) in [5.41, 5.74) is 0. The number of unbranched alkanes of at least 4 members (excludes halogenated alkanes) is 29. The number of allylic oxidation sites excluding steroid dienone is 22. The van der Waals surface area contributed by atoms with Crippen molar-refractivity contribution in [1.82, 2.24) is 0 Å². The van der Waals surface area contributed by atoms with Gasteiger partial charge < -0.3 is 33.8 Å². The lowest BCUT2D eigenvalue weighted by Crippen LogP contribution is -2.30. The third-order valence-corrected chi connectivity index (χ3v) is 19.0. The van der Waals surface area contributed by atoms with Crippen molar-refractivity contribution in [2.45, 2.75) is 354 Å². The van der Waals surface area contributed by atoms with Crippen molar-refractivity contribution in [3.8, 4) is 0 Å². The maximum atomic E-state index is 13.1. The van der Waals surface area contributed by atoms with Crippen LogP contribution in [-0.4, -0.2) is 96.7 Å². The minimum absolute atomic E-state index is 0.0107.